The molecule has 0 saturated carbocycles. The smallest absolute Gasteiger partial charge is 0.258 e. The van der Waals surface area contributed by atoms with E-state index in [-0.39, 0.29) is 22.5 Å². The van der Waals surface area contributed by atoms with Gasteiger partial charge in [0.1, 0.15) is 5.82 Å². The van der Waals surface area contributed by atoms with Gasteiger partial charge in [0.05, 0.1) is 17.1 Å². The van der Waals surface area contributed by atoms with Crippen molar-refractivity contribution in [3.05, 3.63) is 103 Å². The lowest BCUT2D eigenvalue weighted by molar-refractivity contribution is -0.121. The molecular weight excluding hydrogens is 517 g/mol. The van der Waals surface area contributed by atoms with E-state index in [1.807, 2.05) is 0 Å². The molecule has 0 aliphatic carbocycles. The highest BCUT2D eigenvalue weighted by Gasteiger charge is 2.30. The molecule has 10 heteroatoms. The van der Waals surface area contributed by atoms with Crippen LogP contribution in [0, 0.1) is 5.82 Å². The number of hydrogen-bond donors (Lipinski definition) is 0. The number of rotatable bonds is 5. The van der Waals surface area contributed by atoms with E-state index in [1.54, 1.807) is 42.5 Å². The van der Waals surface area contributed by atoms with Crippen molar-refractivity contribution < 1.29 is 33.2 Å². The molecule has 0 aromatic heterocycles. The molecule has 3 aliphatic rings. The van der Waals surface area contributed by atoms with Gasteiger partial charge in [-0.3, -0.25) is 28.8 Å². The maximum absolute atomic E-state index is 15.4. The van der Waals surface area contributed by atoms with Gasteiger partial charge in [0.15, 0.2) is 0 Å². The first-order valence-corrected chi connectivity index (χ1v) is 12.0. The number of carbonyl (C=O) groups excluding carboxylic acids is 6. The minimum Gasteiger partial charge on any atom is -0.269 e. The van der Waals surface area contributed by atoms with E-state index < -0.39 is 41.3 Å². The highest BCUT2D eigenvalue weighted by atomic mass is 19.1. The van der Waals surface area contributed by atoms with Crippen LogP contribution in [0.15, 0.2) is 97.1 Å². The molecule has 0 spiro atoms. The van der Waals surface area contributed by atoms with E-state index in [1.165, 1.54) is 24.3 Å². The van der Waals surface area contributed by atoms with Gasteiger partial charge >= 0.3 is 0 Å². The second kappa shape index (κ2) is 9.21. The first-order chi connectivity index (χ1) is 19.2. The van der Waals surface area contributed by atoms with E-state index in [0.717, 1.165) is 45.1 Å². The van der Waals surface area contributed by atoms with E-state index in [4.69, 9.17) is 0 Å². The van der Waals surface area contributed by atoms with Gasteiger partial charge in [-0.05, 0) is 47.5 Å². The summed E-state index contributed by atoms with van der Waals surface area (Å²) in [4.78, 5) is 76.0. The second-order valence-electron chi connectivity index (χ2n) is 8.98. The lowest BCUT2D eigenvalue weighted by Gasteiger charge is -2.21. The molecule has 0 unspecified atom stereocenters. The number of amides is 6. The van der Waals surface area contributed by atoms with Crippen LogP contribution in [-0.4, -0.2) is 35.4 Å². The Hall–Kier alpha value is -5.77. The molecule has 194 valence electrons. The van der Waals surface area contributed by atoms with Crippen LogP contribution in [0.2, 0.25) is 0 Å². The van der Waals surface area contributed by atoms with Crippen LogP contribution >= 0.6 is 0 Å². The van der Waals surface area contributed by atoms with Gasteiger partial charge in [0, 0.05) is 47.6 Å². The fraction of sp³-hybridized carbons (Fsp3) is 0. The van der Waals surface area contributed by atoms with Crippen molar-refractivity contribution in [1.29, 1.82) is 0 Å². The number of nitrogens with zero attached hydrogens (tertiary/aromatic N) is 3. The molecule has 3 heterocycles. The average Bonchev–Trinajstić information content (AvgIpc) is 3.58. The van der Waals surface area contributed by atoms with Gasteiger partial charge < -0.3 is 0 Å². The highest BCUT2D eigenvalue weighted by Crippen LogP contribution is 2.39. The number of carbonyl (C=O) groups is 6. The van der Waals surface area contributed by atoms with Crippen molar-refractivity contribution in [2.24, 2.45) is 0 Å². The molecule has 3 aliphatic heterocycles. The van der Waals surface area contributed by atoms with Gasteiger partial charge in [0.2, 0.25) is 0 Å². The van der Waals surface area contributed by atoms with Crippen LogP contribution in [0.4, 0.5) is 21.5 Å². The minimum absolute atomic E-state index is 0.0405. The summed E-state index contributed by atoms with van der Waals surface area (Å²) in [6.45, 7) is 0. The first kappa shape index (κ1) is 24.6. The normalized spacial score (nSPS) is 16.5. The predicted molar refractivity (Wildman–Crippen MR) is 142 cm³/mol. The van der Waals surface area contributed by atoms with Gasteiger partial charge in [0.25, 0.3) is 35.4 Å². The monoisotopic (exact) mass is 533 g/mol. The predicted octanol–water partition coefficient (Wildman–Crippen LogP) is 3.45. The molecule has 0 radical (unpaired) electrons. The molecule has 3 aromatic carbocycles. The van der Waals surface area contributed by atoms with Crippen LogP contribution < -0.4 is 14.7 Å². The fourth-order valence-electron chi connectivity index (χ4n) is 4.74. The summed E-state index contributed by atoms with van der Waals surface area (Å²) in [7, 11) is 0. The summed E-state index contributed by atoms with van der Waals surface area (Å²) < 4.78 is 15.4. The topological polar surface area (TPSA) is 112 Å². The Morgan fingerprint density at radius 3 is 1.38 bits per heavy atom. The average molecular weight is 533 g/mol. The van der Waals surface area contributed by atoms with Crippen molar-refractivity contribution in [2.45, 2.75) is 0 Å². The SMILES string of the molecule is O=C1C=CC(=O)N1c1ccc(-c2ccc(-c3ccc(N4C(=O)C=CC4=O)cc3F)c(N3C(=O)C=CC3=O)c2)cc1. The Labute approximate surface area is 225 Å². The van der Waals surface area contributed by atoms with Gasteiger partial charge in [-0.2, -0.15) is 0 Å². The molecular formula is C30H16FN3O6. The third kappa shape index (κ3) is 3.95. The molecule has 0 saturated heterocycles. The van der Waals surface area contributed by atoms with Gasteiger partial charge in [-0.25, -0.2) is 19.1 Å². The number of anilines is 3. The second-order valence-corrected chi connectivity index (χ2v) is 8.98. The molecule has 0 fully saturated rings. The minimum atomic E-state index is -0.774. The summed E-state index contributed by atoms with van der Waals surface area (Å²) in [6.07, 6.45) is 6.77. The van der Waals surface area contributed by atoms with Crippen LogP contribution in [0.1, 0.15) is 0 Å². The molecule has 3 aromatic rings. The summed E-state index contributed by atoms with van der Waals surface area (Å²) in [6, 6.07) is 15.1. The highest BCUT2D eigenvalue weighted by molar-refractivity contribution is 6.30. The molecule has 0 atom stereocenters. The fourth-order valence-corrected chi connectivity index (χ4v) is 4.74. The van der Waals surface area contributed by atoms with Crippen molar-refractivity contribution >= 4 is 52.5 Å². The summed E-state index contributed by atoms with van der Waals surface area (Å²) >= 11 is 0. The zero-order valence-electron chi connectivity index (χ0n) is 20.4. The maximum Gasteiger partial charge on any atom is 0.258 e. The summed E-state index contributed by atoms with van der Waals surface area (Å²) in [5, 5.41) is 0. The summed E-state index contributed by atoms with van der Waals surface area (Å²) in [5.41, 5.74) is 2.03. The molecule has 0 N–H and O–H groups in total. The maximum atomic E-state index is 15.4. The van der Waals surface area contributed by atoms with E-state index in [0.29, 0.717) is 16.8 Å². The lowest BCUT2D eigenvalue weighted by atomic mass is 9.96. The molecule has 6 rings (SSSR count). The number of halogens is 1. The quantitative estimate of drug-likeness (QED) is 0.465. The lowest BCUT2D eigenvalue weighted by Crippen LogP contribution is -2.30. The number of imide groups is 3. The van der Waals surface area contributed by atoms with Crippen LogP contribution in [0.3, 0.4) is 0 Å². The van der Waals surface area contributed by atoms with E-state index in [2.05, 4.69) is 0 Å². The van der Waals surface area contributed by atoms with E-state index in [9.17, 15) is 28.8 Å². The van der Waals surface area contributed by atoms with Crippen molar-refractivity contribution in [2.75, 3.05) is 14.7 Å². The van der Waals surface area contributed by atoms with Crippen LogP contribution in [-0.2, 0) is 28.8 Å². The molecule has 0 bridgehead atoms. The van der Waals surface area contributed by atoms with Crippen molar-refractivity contribution in [1.82, 2.24) is 0 Å². The third-order valence-electron chi connectivity index (χ3n) is 6.63. The molecule has 6 amide bonds. The zero-order chi connectivity index (χ0) is 28.1. The van der Waals surface area contributed by atoms with Crippen molar-refractivity contribution in [3.63, 3.8) is 0 Å². The van der Waals surface area contributed by atoms with Gasteiger partial charge in [-0.1, -0.05) is 24.3 Å². The Balaban J connectivity index is 1.41. The molecule has 40 heavy (non-hydrogen) atoms. The largest absolute Gasteiger partial charge is 0.269 e. The Bertz CT molecular complexity index is 1730. The van der Waals surface area contributed by atoms with Gasteiger partial charge in [-0.15, -0.1) is 0 Å². The zero-order valence-corrected chi connectivity index (χ0v) is 20.4. The Morgan fingerprint density at radius 1 is 0.425 bits per heavy atom. The standard InChI is InChI=1S/C30H16FN3O6/c31-23-16-20(33-27(37)11-12-28(33)38)6-8-21(23)22-7-3-18(15-24(22)34-29(39)13-14-30(34)40)17-1-4-19(5-2-17)32-25(35)9-10-26(32)36/h1-16H. The third-order valence-corrected chi connectivity index (χ3v) is 6.63. The Kier molecular flexibility index (Phi) is 5.65. The van der Waals surface area contributed by atoms with Crippen molar-refractivity contribution in [3.8, 4) is 22.3 Å². The summed E-state index contributed by atoms with van der Waals surface area (Å²) in [5.74, 6) is -4.08. The van der Waals surface area contributed by atoms with Crippen LogP contribution in [0.25, 0.3) is 22.3 Å². The van der Waals surface area contributed by atoms with Crippen LogP contribution in [0.5, 0.6) is 0 Å². The first-order valence-electron chi connectivity index (χ1n) is 12.0. The Morgan fingerprint density at radius 2 is 0.850 bits per heavy atom. The van der Waals surface area contributed by atoms with E-state index >= 15 is 4.39 Å². The number of benzene rings is 3. The molecule has 9 nitrogen and oxygen atoms in total. The number of hydrogen-bond acceptors (Lipinski definition) is 6.